The summed E-state index contributed by atoms with van der Waals surface area (Å²) in [7, 11) is 0. The van der Waals surface area contributed by atoms with Crippen molar-refractivity contribution in [3.05, 3.63) is 158 Å². The van der Waals surface area contributed by atoms with Crippen molar-refractivity contribution in [2.45, 2.75) is 14.0 Å². The van der Waals surface area contributed by atoms with E-state index < -0.39 is 34.8 Å². The van der Waals surface area contributed by atoms with Crippen LogP contribution in [0, 0.1) is 64.9 Å². The Kier molecular flexibility index (Phi) is 14.2. The molecule has 0 saturated heterocycles. The highest BCUT2D eigenvalue weighted by Crippen LogP contribution is 2.23. The van der Waals surface area contributed by atoms with Crippen molar-refractivity contribution in [2.75, 3.05) is 0 Å². The monoisotopic (exact) mass is 600 g/mol. The highest BCUT2D eigenvalue weighted by atomic mass is 19.2. The van der Waals surface area contributed by atoms with Crippen molar-refractivity contribution in [3.8, 4) is 17.9 Å². The number of halogens is 5. The number of phenols is 1. The largest absolute Gasteiger partial charge is 0.503 e. The Balaban J connectivity index is 0.000000357. The predicted molar refractivity (Wildman–Crippen MR) is 154 cm³/mol. The molecule has 4 aromatic carbocycles. The molecule has 0 aromatic heterocycles. The summed E-state index contributed by atoms with van der Waals surface area (Å²) in [5.74, 6) is -7.50. The molecule has 4 aromatic rings. The first-order chi connectivity index (χ1) is 20.6. The van der Waals surface area contributed by atoms with Crippen LogP contribution in [0.2, 0.25) is 0 Å². The van der Waals surface area contributed by atoms with Crippen LogP contribution in [0.15, 0.2) is 72.8 Å². The number of rotatable bonds is 4. The van der Waals surface area contributed by atoms with Crippen LogP contribution in [0.5, 0.6) is 5.75 Å². The van der Waals surface area contributed by atoms with Crippen LogP contribution in [0.1, 0.15) is 45.6 Å². The average Bonchev–Trinajstić information content (AvgIpc) is 3.02. The maximum absolute atomic E-state index is 13.1. The van der Waals surface area contributed by atoms with Gasteiger partial charge in [0.25, 0.3) is 0 Å². The zero-order valence-corrected chi connectivity index (χ0v) is 21.8. The molecule has 11 heteroatoms. The number of carbonyl (C=O) groups excluding carboxylic acids is 1. The zero-order valence-electron chi connectivity index (χ0n) is 21.8. The van der Waals surface area contributed by atoms with E-state index in [0.717, 1.165) is 29.8 Å². The summed E-state index contributed by atoms with van der Waals surface area (Å²) in [6.45, 7) is 14.1. The molecule has 0 aliphatic heterocycles. The van der Waals surface area contributed by atoms with E-state index in [2.05, 4.69) is 9.69 Å². The van der Waals surface area contributed by atoms with E-state index in [-0.39, 0.29) is 24.3 Å². The van der Waals surface area contributed by atoms with Crippen molar-refractivity contribution >= 4 is 18.1 Å². The molecule has 0 aliphatic rings. The molecule has 0 saturated carbocycles. The Bertz CT molecular complexity index is 1760. The molecule has 1 N–H and O–H groups in total. The molecular formula is C33H21F5N4O2. The molecule has 4 rings (SSSR count). The molecule has 220 valence electrons. The standard InChI is InChI=1S/C16H7F3N2.C9H6N2.C7H4F2O2.CH4/c1-21-15(12-4-2-10(9-20)3-5-12)8-11-6-13(17)16(19)14(18)7-11;1-11-7-9-4-2-8(6-10)3-5-9;8-5-1-4(3-10)2-6(9)7(5)11;/h2-8H;2-5H,7H2;1-3,11H;1H4/b15-8-;;;. The Labute approximate surface area is 250 Å². The van der Waals surface area contributed by atoms with Gasteiger partial charge in [-0.15, -0.1) is 0 Å². The summed E-state index contributed by atoms with van der Waals surface area (Å²) in [4.78, 5) is 16.5. The molecule has 0 unspecified atom stereocenters. The second-order valence-electron chi connectivity index (χ2n) is 8.21. The highest BCUT2D eigenvalue weighted by molar-refractivity contribution is 5.85. The summed E-state index contributed by atoms with van der Waals surface area (Å²) in [6.07, 6.45) is 1.55. The minimum Gasteiger partial charge on any atom is -0.503 e. The van der Waals surface area contributed by atoms with E-state index in [1.807, 2.05) is 12.1 Å². The molecule has 0 bridgehead atoms. The fourth-order valence-corrected chi connectivity index (χ4v) is 3.14. The number of benzene rings is 4. The first kappa shape index (κ1) is 35.7. The molecule has 0 atom stereocenters. The van der Waals surface area contributed by atoms with Crippen molar-refractivity contribution in [1.82, 2.24) is 0 Å². The molecule has 0 heterocycles. The molecule has 0 aliphatic carbocycles. The quantitative estimate of drug-likeness (QED) is 0.0836. The second kappa shape index (κ2) is 17.5. The average molecular weight is 601 g/mol. The van der Waals surface area contributed by atoms with Crippen LogP contribution >= 0.6 is 0 Å². The van der Waals surface area contributed by atoms with E-state index in [4.69, 9.17) is 28.8 Å². The topological polar surface area (TPSA) is 93.6 Å². The van der Waals surface area contributed by atoms with Crippen LogP contribution in [-0.2, 0) is 6.54 Å². The predicted octanol–water partition coefficient (Wildman–Crippen LogP) is 8.49. The van der Waals surface area contributed by atoms with Gasteiger partial charge in [0.1, 0.15) is 6.29 Å². The smallest absolute Gasteiger partial charge is 0.239 e. The molecule has 6 nitrogen and oxygen atoms in total. The van der Waals surface area contributed by atoms with Gasteiger partial charge in [-0.1, -0.05) is 31.7 Å². The lowest BCUT2D eigenvalue weighted by atomic mass is 10.1. The number of aromatic hydroxyl groups is 1. The lowest BCUT2D eigenvalue weighted by Crippen LogP contribution is -1.91. The first-order valence-electron chi connectivity index (χ1n) is 11.8. The summed E-state index contributed by atoms with van der Waals surface area (Å²) in [5, 5.41) is 25.7. The summed E-state index contributed by atoms with van der Waals surface area (Å²) >= 11 is 0. The van der Waals surface area contributed by atoms with Gasteiger partial charge in [0.2, 0.25) is 6.54 Å². The van der Waals surface area contributed by atoms with Gasteiger partial charge in [-0.3, -0.25) is 4.79 Å². The normalized spacial score (nSPS) is 9.61. The lowest BCUT2D eigenvalue weighted by molar-refractivity contribution is 0.112. The minimum absolute atomic E-state index is 0. The number of hydrogen-bond acceptors (Lipinski definition) is 4. The zero-order chi connectivity index (χ0) is 31.9. The third kappa shape index (κ3) is 10.3. The van der Waals surface area contributed by atoms with Gasteiger partial charge >= 0.3 is 0 Å². The van der Waals surface area contributed by atoms with E-state index >= 15 is 0 Å². The fraction of sp³-hybridized carbons (Fsp3) is 0.0606. The van der Waals surface area contributed by atoms with Crippen molar-refractivity contribution in [3.63, 3.8) is 0 Å². The molecule has 0 fully saturated rings. The maximum Gasteiger partial charge on any atom is 0.239 e. The molecule has 0 spiro atoms. The summed E-state index contributed by atoms with van der Waals surface area (Å²) in [5.41, 5.74) is 2.55. The number of aldehydes is 1. The number of nitrogens with zero attached hydrogens (tertiary/aromatic N) is 4. The van der Waals surface area contributed by atoms with Gasteiger partial charge in [-0.2, -0.15) is 10.5 Å². The Morgan fingerprint density at radius 3 is 1.64 bits per heavy atom. The number of phenolic OH excluding ortho intramolecular Hbond substituents is 1. The van der Waals surface area contributed by atoms with Crippen LogP contribution in [-0.4, -0.2) is 11.4 Å². The van der Waals surface area contributed by atoms with Gasteiger partial charge in [-0.05, 0) is 65.7 Å². The summed E-state index contributed by atoms with van der Waals surface area (Å²) in [6, 6.07) is 20.3. The van der Waals surface area contributed by atoms with E-state index in [1.54, 1.807) is 36.4 Å². The highest BCUT2D eigenvalue weighted by Gasteiger charge is 2.11. The second-order valence-corrected chi connectivity index (χ2v) is 8.21. The lowest BCUT2D eigenvalue weighted by Gasteiger charge is -2.02. The molecule has 0 radical (unpaired) electrons. The third-order valence-corrected chi connectivity index (χ3v) is 5.26. The number of hydrogen-bond donors (Lipinski definition) is 1. The van der Waals surface area contributed by atoms with Crippen LogP contribution < -0.4 is 0 Å². The Morgan fingerprint density at radius 1 is 0.773 bits per heavy atom. The van der Waals surface area contributed by atoms with E-state index in [1.165, 1.54) is 18.2 Å². The van der Waals surface area contributed by atoms with Gasteiger partial charge < -0.3 is 9.95 Å². The fourth-order valence-electron chi connectivity index (χ4n) is 3.14. The van der Waals surface area contributed by atoms with E-state index in [9.17, 15) is 26.7 Å². The number of nitriles is 2. The van der Waals surface area contributed by atoms with Crippen LogP contribution in [0.25, 0.3) is 21.5 Å². The summed E-state index contributed by atoms with van der Waals surface area (Å²) < 4.78 is 63.9. The first-order valence-corrected chi connectivity index (χ1v) is 11.8. The van der Waals surface area contributed by atoms with Gasteiger partial charge in [0.15, 0.2) is 40.5 Å². The van der Waals surface area contributed by atoms with Crippen LogP contribution in [0.4, 0.5) is 22.0 Å². The molecule has 44 heavy (non-hydrogen) atoms. The van der Waals surface area contributed by atoms with Gasteiger partial charge in [-0.25, -0.2) is 33.4 Å². The van der Waals surface area contributed by atoms with Crippen molar-refractivity contribution in [1.29, 1.82) is 10.5 Å². The Hall–Kier alpha value is -6.30. The van der Waals surface area contributed by atoms with E-state index in [0.29, 0.717) is 29.5 Å². The minimum atomic E-state index is -1.55. The van der Waals surface area contributed by atoms with Crippen LogP contribution in [0.3, 0.4) is 0 Å². The maximum atomic E-state index is 13.1. The molecular weight excluding hydrogens is 579 g/mol. The van der Waals surface area contributed by atoms with Gasteiger partial charge in [0, 0.05) is 11.1 Å². The SMILES string of the molecule is C.O=Cc1cc(F)c(O)c(F)c1.[C-]#[N+]/C(=C\c1cc(F)c(F)c(F)c1)c1ccc(C#N)cc1.[C-]#[N+]Cc1ccc(C#N)cc1. The molecule has 0 amide bonds. The van der Waals surface area contributed by atoms with Gasteiger partial charge in [0.05, 0.1) is 29.8 Å². The Morgan fingerprint density at radius 2 is 1.23 bits per heavy atom. The third-order valence-electron chi connectivity index (χ3n) is 5.26. The van der Waals surface area contributed by atoms with Crippen molar-refractivity contribution < 1.29 is 31.9 Å². The van der Waals surface area contributed by atoms with Crippen molar-refractivity contribution in [2.24, 2.45) is 0 Å². The number of carbonyl (C=O) groups is 1.